The van der Waals surface area contributed by atoms with Crippen LogP contribution in [0.15, 0.2) is 22.7 Å². The Kier molecular flexibility index (Phi) is 5.32. The van der Waals surface area contributed by atoms with Crippen molar-refractivity contribution in [3.63, 3.8) is 0 Å². The molecule has 0 aliphatic heterocycles. The number of alkyl carbamates (subject to hydrolysis) is 1. The smallest absolute Gasteiger partial charge is 0.407 e. The molecule has 6 heteroatoms. The molecule has 1 aliphatic rings. The number of ether oxygens (including phenoxy) is 1. The third-order valence-electron chi connectivity index (χ3n) is 3.44. The van der Waals surface area contributed by atoms with Crippen molar-refractivity contribution in [2.24, 2.45) is 0 Å². The van der Waals surface area contributed by atoms with Crippen LogP contribution in [0.4, 0.5) is 14.9 Å². The van der Waals surface area contributed by atoms with E-state index >= 15 is 0 Å². The summed E-state index contributed by atoms with van der Waals surface area (Å²) in [5, 5.41) is 6.21. The number of halogens is 2. The number of carbonyl (C=O) groups is 1. The van der Waals surface area contributed by atoms with E-state index in [1.165, 1.54) is 12.1 Å². The Labute approximate surface area is 138 Å². The molecule has 0 spiro atoms. The van der Waals surface area contributed by atoms with Crippen molar-refractivity contribution >= 4 is 27.7 Å². The number of nitrogens with one attached hydrogen (secondary N) is 2. The summed E-state index contributed by atoms with van der Waals surface area (Å²) in [5.41, 5.74) is 0.246. The molecule has 4 nitrogen and oxygen atoms in total. The van der Waals surface area contributed by atoms with Gasteiger partial charge in [0.1, 0.15) is 11.4 Å². The lowest BCUT2D eigenvalue weighted by molar-refractivity contribution is 0.0505. The lowest BCUT2D eigenvalue weighted by Gasteiger charge is -2.22. The summed E-state index contributed by atoms with van der Waals surface area (Å²) < 4.78 is 19.4. The summed E-state index contributed by atoms with van der Waals surface area (Å²) in [6, 6.07) is 4.86. The second-order valence-electron chi connectivity index (χ2n) is 6.62. The Hall–Kier alpha value is -1.30. The summed E-state index contributed by atoms with van der Waals surface area (Å²) >= 11 is 3.41. The molecule has 2 unspecified atom stereocenters. The average Bonchev–Trinajstić information content (AvgIpc) is 2.78. The van der Waals surface area contributed by atoms with Crippen LogP contribution in [0.25, 0.3) is 0 Å². The Bertz CT molecular complexity index is 545. The monoisotopic (exact) mass is 372 g/mol. The number of carbonyl (C=O) groups excluding carboxylic acids is 1. The van der Waals surface area contributed by atoms with Crippen LogP contribution < -0.4 is 10.6 Å². The fourth-order valence-corrected chi connectivity index (χ4v) is 2.91. The molecule has 0 bridgehead atoms. The highest BCUT2D eigenvalue weighted by Gasteiger charge is 2.28. The van der Waals surface area contributed by atoms with Gasteiger partial charge in [-0.2, -0.15) is 0 Å². The van der Waals surface area contributed by atoms with Crippen molar-refractivity contribution in [2.75, 3.05) is 5.32 Å². The molecule has 1 saturated carbocycles. The molecular weight excluding hydrogens is 351 g/mol. The maximum Gasteiger partial charge on any atom is 0.407 e. The van der Waals surface area contributed by atoms with Gasteiger partial charge >= 0.3 is 6.09 Å². The zero-order valence-electron chi connectivity index (χ0n) is 13.1. The molecule has 1 amide bonds. The van der Waals surface area contributed by atoms with E-state index in [9.17, 15) is 9.18 Å². The van der Waals surface area contributed by atoms with Crippen molar-refractivity contribution < 1.29 is 13.9 Å². The highest BCUT2D eigenvalue weighted by Crippen LogP contribution is 2.28. The standard InChI is InChI=1S/C16H22BrFN2O2/c1-16(2,3)22-15(21)20-12-6-5-11(9-12)19-14-8-10(18)4-7-13(14)17/h4,7-8,11-12,19H,5-6,9H2,1-3H3,(H,20,21). The molecule has 1 fully saturated rings. The average molecular weight is 373 g/mol. The minimum atomic E-state index is -0.493. The third kappa shape index (κ3) is 5.16. The molecule has 1 aliphatic carbocycles. The highest BCUT2D eigenvalue weighted by molar-refractivity contribution is 9.10. The quantitative estimate of drug-likeness (QED) is 0.823. The molecule has 2 rings (SSSR count). The van der Waals surface area contributed by atoms with E-state index in [1.54, 1.807) is 6.07 Å². The predicted octanol–water partition coefficient (Wildman–Crippen LogP) is 4.45. The molecule has 0 radical (unpaired) electrons. The van der Waals surface area contributed by atoms with Crippen LogP contribution in [0.3, 0.4) is 0 Å². The Morgan fingerprint density at radius 1 is 1.32 bits per heavy atom. The number of hydrogen-bond donors (Lipinski definition) is 2. The van der Waals surface area contributed by atoms with Gasteiger partial charge < -0.3 is 15.4 Å². The Morgan fingerprint density at radius 3 is 2.68 bits per heavy atom. The molecule has 1 aromatic carbocycles. The first kappa shape index (κ1) is 17.1. The molecule has 2 N–H and O–H groups in total. The zero-order chi connectivity index (χ0) is 16.3. The SMILES string of the molecule is CC(C)(C)OC(=O)NC1CCC(Nc2cc(F)ccc2Br)C1. The maximum absolute atomic E-state index is 13.3. The fourth-order valence-electron chi connectivity index (χ4n) is 2.55. The lowest BCUT2D eigenvalue weighted by Crippen LogP contribution is -2.38. The molecule has 0 aromatic heterocycles. The van der Waals surface area contributed by atoms with Gasteiger partial charge in [0, 0.05) is 16.6 Å². The summed E-state index contributed by atoms with van der Waals surface area (Å²) in [6.45, 7) is 5.52. The van der Waals surface area contributed by atoms with Crippen LogP contribution >= 0.6 is 15.9 Å². The molecule has 22 heavy (non-hydrogen) atoms. The van der Waals surface area contributed by atoms with Gasteiger partial charge in [-0.15, -0.1) is 0 Å². The summed E-state index contributed by atoms with van der Waals surface area (Å²) in [7, 11) is 0. The molecule has 122 valence electrons. The van der Waals surface area contributed by atoms with Gasteiger partial charge in [0.15, 0.2) is 0 Å². The van der Waals surface area contributed by atoms with Crippen LogP contribution in [0.5, 0.6) is 0 Å². The lowest BCUT2D eigenvalue weighted by atomic mass is 10.2. The first-order valence-corrected chi connectivity index (χ1v) is 8.23. The molecule has 1 aromatic rings. The van der Waals surface area contributed by atoms with Gasteiger partial charge in [0.25, 0.3) is 0 Å². The number of hydrogen-bond acceptors (Lipinski definition) is 3. The van der Waals surface area contributed by atoms with E-state index < -0.39 is 5.60 Å². The number of amides is 1. The first-order chi connectivity index (χ1) is 10.2. The van der Waals surface area contributed by atoms with E-state index in [2.05, 4.69) is 26.6 Å². The van der Waals surface area contributed by atoms with Crippen LogP contribution in [-0.2, 0) is 4.74 Å². The van der Waals surface area contributed by atoms with Gasteiger partial charge in [-0.05, 0) is 74.2 Å². The fraction of sp³-hybridized carbons (Fsp3) is 0.562. The van der Waals surface area contributed by atoms with Crippen molar-refractivity contribution in [2.45, 2.75) is 57.7 Å². The number of rotatable bonds is 3. The Morgan fingerprint density at radius 2 is 2.00 bits per heavy atom. The second-order valence-corrected chi connectivity index (χ2v) is 7.48. The normalized spacial score (nSPS) is 21.5. The minimum Gasteiger partial charge on any atom is -0.444 e. The van der Waals surface area contributed by atoms with E-state index in [4.69, 9.17) is 4.74 Å². The topological polar surface area (TPSA) is 50.4 Å². The number of anilines is 1. The van der Waals surface area contributed by atoms with Crippen LogP contribution in [0.1, 0.15) is 40.0 Å². The summed E-state index contributed by atoms with van der Waals surface area (Å²) in [6.07, 6.45) is 2.21. The molecule has 0 heterocycles. The Balaban J connectivity index is 1.85. The van der Waals surface area contributed by atoms with E-state index in [1.807, 2.05) is 20.8 Å². The van der Waals surface area contributed by atoms with Gasteiger partial charge in [-0.1, -0.05) is 0 Å². The van der Waals surface area contributed by atoms with Gasteiger partial charge in [-0.25, -0.2) is 9.18 Å². The van der Waals surface area contributed by atoms with Crippen molar-refractivity contribution in [3.05, 3.63) is 28.5 Å². The largest absolute Gasteiger partial charge is 0.444 e. The van der Waals surface area contributed by atoms with Crippen molar-refractivity contribution in [3.8, 4) is 0 Å². The summed E-state index contributed by atoms with van der Waals surface area (Å²) in [5.74, 6) is -0.271. The zero-order valence-corrected chi connectivity index (χ0v) is 14.7. The summed E-state index contributed by atoms with van der Waals surface area (Å²) in [4.78, 5) is 11.8. The van der Waals surface area contributed by atoms with Crippen LogP contribution in [0, 0.1) is 5.82 Å². The molecule has 0 saturated heterocycles. The van der Waals surface area contributed by atoms with E-state index in [0.717, 1.165) is 29.4 Å². The van der Waals surface area contributed by atoms with E-state index in [-0.39, 0.29) is 24.0 Å². The van der Waals surface area contributed by atoms with Crippen molar-refractivity contribution in [1.82, 2.24) is 5.32 Å². The van der Waals surface area contributed by atoms with Gasteiger partial charge in [0.05, 0.1) is 5.69 Å². The van der Waals surface area contributed by atoms with Crippen LogP contribution in [0.2, 0.25) is 0 Å². The predicted molar refractivity (Wildman–Crippen MR) is 88.5 cm³/mol. The third-order valence-corrected chi connectivity index (χ3v) is 4.13. The van der Waals surface area contributed by atoms with Gasteiger partial charge in [0.2, 0.25) is 0 Å². The first-order valence-electron chi connectivity index (χ1n) is 7.44. The molecule has 2 atom stereocenters. The van der Waals surface area contributed by atoms with Gasteiger partial charge in [-0.3, -0.25) is 0 Å². The maximum atomic E-state index is 13.3. The number of benzene rings is 1. The second kappa shape index (κ2) is 6.86. The van der Waals surface area contributed by atoms with Crippen molar-refractivity contribution in [1.29, 1.82) is 0 Å². The molecular formula is C16H22BrFN2O2. The highest BCUT2D eigenvalue weighted by atomic mass is 79.9. The van der Waals surface area contributed by atoms with Crippen LogP contribution in [-0.4, -0.2) is 23.8 Å². The minimum absolute atomic E-state index is 0.0830. The van der Waals surface area contributed by atoms with E-state index in [0.29, 0.717) is 0 Å².